The van der Waals surface area contributed by atoms with E-state index in [-0.39, 0.29) is 45.0 Å². The molecule has 140 valence electrons. The van der Waals surface area contributed by atoms with Gasteiger partial charge in [-0.25, -0.2) is 0 Å². The Balaban J connectivity index is 0.00000280. The maximum Gasteiger partial charge on any atom is 0.408 e. The van der Waals surface area contributed by atoms with Crippen LogP contribution >= 0.6 is 23.2 Å². The molecule has 0 saturated carbocycles. The topological polar surface area (TPSA) is 88.3 Å². The number of ketones is 2. The number of carbonyl (C=O) groups is 2. The van der Waals surface area contributed by atoms with Crippen molar-refractivity contribution in [3.05, 3.63) is 86.8 Å². The molecular formula is C20H12Cl3N3O2. The monoisotopic (exact) mass is 431 g/mol. The van der Waals surface area contributed by atoms with Crippen molar-refractivity contribution >= 4 is 46.1 Å². The summed E-state index contributed by atoms with van der Waals surface area (Å²) in [6.07, 6.45) is 0. The molecule has 0 fully saturated rings. The lowest BCUT2D eigenvalue weighted by Gasteiger charge is -2.10. The van der Waals surface area contributed by atoms with E-state index in [4.69, 9.17) is 34.3 Å². The second kappa shape index (κ2) is 8.85. The van der Waals surface area contributed by atoms with E-state index in [0.29, 0.717) is 11.1 Å². The molecule has 0 unspecified atom stereocenters. The fourth-order valence-electron chi connectivity index (χ4n) is 2.65. The number of diazo groups is 1. The molecule has 0 atom stereocenters. The number of nitrogens with two attached hydrogens (primary N) is 1. The van der Waals surface area contributed by atoms with Gasteiger partial charge in [0.25, 0.3) is 0 Å². The zero-order valence-electron chi connectivity index (χ0n) is 14.2. The molecule has 0 aliphatic heterocycles. The number of nitrogen functional groups attached to an aromatic ring is 1. The van der Waals surface area contributed by atoms with Crippen molar-refractivity contribution in [1.82, 2.24) is 0 Å². The highest BCUT2D eigenvalue weighted by atomic mass is 35.5. The Morgan fingerprint density at radius 3 is 2.18 bits per heavy atom. The number of nitrogens with zero attached hydrogens (tertiary/aromatic N) is 2. The SMILES string of the molecule is N#[N+]c1cccc(-c2cc(Cl)c(C(=O)C(=O)c3ccccc3)cc2Cl)c1N.[Cl-]. The summed E-state index contributed by atoms with van der Waals surface area (Å²) < 4.78 is 0. The van der Waals surface area contributed by atoms with Gasteiger partial charge in [-0.1, -0.05) is 65.7 Å². The van der Waals surface area contributed by atoms with Crippen molar-refractivity contribution in [2.45, 2.75) is 0 Å². The molecule has 0 spiro atoms. The predicted octanol–water partition coefficient (Wildman–Crippen LogP) is 2.80. The minimum Gasteiger partial charge on any atom is -1.00 e. The minimum absolute atomic E-state index is 0. The minimum atomic E-state index is -0.758. The Morgan fingerprint density at radius 2 is 1.54 bits per heavy atom. The van der Waals surface area contributed by atoms with Crippen molar-refractivity contribution in [2.75, 3.05) is 5.73 Å². The molecule has 5 nitrogen and oxygen atoms in total. The number of rotatable bonds is 4. The van der Waals surface area contributed by atoms with Crippen molar-refractivity contribution in [1.29, 1.82) is 5.39 Å². The Hall–Kier alpha value is -2.91. The average Bonchev–Trinajstić information content (AvgIpc) is 2.69. The third-order valence-corrected chi connectivity index (χ3v) is 4.65. The molecule has 0 aliphatic carbocycles. The van der Waals surface area contributed by atoms with Crippen LogP contribution in [0.25, 0.3) is 16.1 Å². The highest BCUT2D eigenvalue weighted by Gasteiger charge is 2.24. The maximum atomic E-state index is 12.6. The summed E-state index contributed by atoms with van der Waals surface area (Å²) in [4.78, 5) is 28.1. The van der Waals surface area contributed by atoms with E-state index in [2.05, 4.69) is 4.98 Å². The van der Waals surface area contributed by atoms with Crippen LogP contribution in [0, 0.1) is 5.39 Å². The van der Waals surface area contributed by atoms with Gasteiger partial charge in [-0.05, 0) is 12.1 Å². The molecule has 0 amide bonds. The lowest BCUT2D eigenvalue weighted by Crippen LogP contribution is -3.00. The summed E-state index contributed by atoms with van der Waals surface area (Å²) in [6.45, 7) is 0. The maximum absolute atomic E-state index is 12.6. The van der Waals surface area contributed by atoms with E-state index in [1.165, 1.54) is 18.2 Å². The van der Waals surface area contributed by atoms with Gasteiger partial charge in [0.2, 0.25) is 17.0 Å². The van der Waals surface area contributed by atoms with Gasteiger partial charge in [-0.3, -0.25) is 9.59 Å². The number of halogens is 3. The summed E-state index contributed by atoms with van der Waals surface area (Å²) in [5.74, 6) is -1.44. The first-order valence-corrected chi connectivity index (χ1v) is 8.56. The van der Waals surface area contributed by atoms with Crippen LogP contribution in [-0.2, 0) is 0 Å². The molecule has 28 heavy (non-hydrogen) atoms. The van der Waals surface area contributed by atoms with Crippen LogP contribution in [0.15, 0.2) is 60.7 Å². The fraction of sp³-hybridized carbons (Fsp3) is 0. The number of carbonyl (C=O) groups excluding carboxylic acids is 2. The van der Waals surface area contributed by atoms with E-state index in [0.717, 1.165) is 0 Å². The van der Waals surface area contributed by atoms with Crippen molar-refractivity contribution in [3.63, 3.8) is 0 Å². The molecule has 0 saturated heterocycles. The molecular weight excluding hydrogens is 421 g/mol. The van der Waals surface area contributed by atoms with Crippen LogP contribution in [0.3, 0.4) is 0 Å². The van der Waals surface area contributed by atoms with Crippen LogP contribution in [0.2, 0.25) is 10.0 Å². The van der Waals surface area contributed by atoms with Gasteiger partial charge in [0.15, 0.2) is 4.98 Å². The number of anilines is 1. The summed E-state index contributed by atoms with van der Waals surface area (Å²) in [7, 11) is 0. The van der Waals surface area contributed by atoms with Gasteiger partial charge in [0.05, 0.1) is 5.02 Å². The van der Waals surface area contributed by atoms with E-state index < -0.39 is 11.6 Å². The highest BCUT2D eigenvalue weighted by molar-refractivity contribution is 6.52. The van der Waals surface area contributed by atoms with Gasteiger partial charge in [0, 0.05) is 33.3 Å². The van der Waals surface area contributed by atoms with Gasteiger partial charge in [-0.2, -0.15) is 0 Å². The van der Waals surface area contributed by atoms with E-state index in [1.54, 1.807) is 42.5 Å². The number of para-hydroxylation sites is 1. The normalized spacial score (nSPS) is 9.89. The summed E-state index contributed by atoms with van der Waals surface area (Å²) in [5, 5.41) is 9.25. The fourth-order valence-corrected chi connectivity index (χ4v) is 3.16. The third-order valence-electron chi connectivity index (χ3n) is 4.02. The Labute approximate surface area is 177 Å². The predicted molar refractivity (Wildman–Crippen MR) is 106 cm³/mol. The first-order valence-electron chi connectivity index (χ1n) is 7.81. The van der Waals surface area contributed by atoms with Crippen molar-refractivity contribution < 1.29 is 22.0 Å². The first-order chi connectivity index (χ1) is 12.9. The number of Topliss-reactive ketones (excluding diaryl/α,β-unsaturated/α-hetero) is 2. The lowest BCUT2D eigenvalue weighted by molar-refractivity contribution is -0.0000168. The average molecular weight is 433 g/mol. The smallest absolute Gasteiger partial charge is 0.408 e. The standard InChI is InChI=1S/C20H11Cl2N3O2.ClH/c21-15-10-14(20(27)19(26)11-5-2-1-3-6-11)16(22)9-13(15)12-7-4-8-17(25-24)18(12)23;/h1-10H,(H-,23,27);1H. The molecule has 3 aromatic carbocycles. The molecule has 0 aromatic heterocycles. The van der Waals surface area contributed by atoms with E-state index in [1.807, 2.05) is 0 Å². The Bertz CT molecular complexity index is 1110. The van der Waals surface area contributed by atoms with Gasteiger partial charge in [0.1, 0.15) is 5.69 Å². The largest absolute Gasteiger partial charge is 1.00 e. The number of hydrogen-bond acceptors (Lipinski definition) is 4. The summed E-state index contributed by atoms with van der Waals surface area (Å²) >= 11 is 12.6. The first kappa shape index (κ1) is 21.4. The summed E-state index contributed by atoms with van der Waals surface area (Å²) in [5.41, 5.74) is 7.58. The zero-order valence-corrected chi connectivity index (χ0v) is 16.5. The molecule has 2 N–H and O–H groups in total. The zero-order chi connectivity index (χ0) is 19.6. The molecule has 0 aliphatic rings. The Kier molecular flexibility index (Phi) is 6.76. The molecule has 3 aromatic rings. The van der Waals surface area contributed by atoms with Crippen LogP contribution in [-0.4, -0.2) is 11.6 Å². The van der Waals surface area contributed by atoms with Crippen LogP contribution in [0.5, 0.6) is 0 Å². The van der Waals surface area contributed by atoms with Crippen LogP contribution in [0.4, 0.5) is 11.4 Å². The van der Waals surface area contributed by atoms with Gasteiger partial charge < -0.3 is 18.1 Å². The second-order valence-corrected chi connectivity index (χ2v) is 6.49. The molecule has 0 bridgehead atoms. The third kappa shape index (κ3) is 4.00. The van der Waals surface area contributed by atoms with Gasteiger partial charge >= 0.3 is 5.69 Å². The van der Waals surface area contributed by atoms with Crippen molar-refractivity contribution in [3.8, 4) is 11.1 Å². The highest BCUT2D eigenvalue weighted by Crippen LogP contribution is 2.39. The molecule has 0 radical (unpaired) electrons. The van der Waals surface area contributed by atoms with E-state index in [9.17, 15) is 9.59 Å². The van der Waals surface area contributed by atoms with E-state index >= 15 is 0 Å². The molecule has 3 rings (SSSR count). The molecule has 8 heteroatoms. The van der Waals surface area contributed by atoms with Crippen LogP contribution < -0.4 is 18.1 Å². The van der Waals surface area contributed by atoms with Gasteiger partial charge in [-0.15, -0.1) is 0 Å². The summed E-state index contributed by atoms with van der Waals surface area (Å²) in [6, 6.07) is 15.8. The number of hydrogen-bond donors (Lipinski definition) is 1. The quantitative estimate of drug-likeness (QED) is 0.297. The van der Waals surface area contributed by atoms with Crippen LogP contribution in [0.1, 0.15) is 20.7 Å². The second-order valence-electron chi connectivity index (χ2n) is 5.67. The number of benzene rings is 3. The van der Waals surface area contributed by atoms with Crippen molar-refractivity contribution in [2.24, 2.45) is 0 Å². The molecule has 0 heterocycles. The Morgan fingerprint density at radius 1 is 0.857 bits per heavy atom. The lowest BCUT2D eigenvalue weighted by atomic mass is 9.97.